The quantitative estimate of drug-likeness (QED) is 0.290. The number of nitrogens with zero attached hydrogens (tertiary/aromatic N) is 2. The first kappa shape index (κ1) is 25.3. The van der Waals surface area contributed by atoms with Gasteiger partial charge in [0, 0.05) is 42.8 Å². The molecule has 2 amide bonds. The standard InChI is InChI=1S/C32H28ClN3O2/c33-28-16-17-30(35-19-21-36(22-20-35)31(37)18-11-24-7-3-1-4-8-24)29(23-28)34-32(38)27-14-12-26(13-15-27)25-9-5-2-6-10-25/h1-18,23H,19-22H2,(H,34,38)/b18-11+. The highest BCUT2D eigenvalue weighted by Gasteiger charge is 2.22. The third kappa shape index (κ3) is 6.13. The average molecular weight is 522 g/mol. The zero-order valence-corrected chi connectivity index (χ0v) is 21.6. The summed E-state index contributed by atoms with van der Waals surface area (Å²) in [6.07, 6.45) is 3.47. The van der Waals surface area contributed by atoms with Gasteiger partial charge in [-0.15, -0.1) is 0 Å². The van der Waals surface area contributed by atoms with Gasteiger partial charge in [-0.25, -0.2) is 0 Å². The zero-order valence-electron chi connectivity index (χ0n) is 20.9. The number of piperazine rings is 1. The first-order valence-corrected chi connectivity index (χ1v) is 13.0. The molecule has 0 aromatic heterocycles. The molecule has 1 aliphatic rings. The van der Waals surface area contributed by atoms with Gasteiger partial charge in [0.05, 0.1) is 11.4 Å². The fourth-order valence-electron chi connectivity index (χ4n) is 4.53. The van der Waals surface area contributed by atoms with Crippen LogP contribution in [0.25, 0.3) is 17.2 Å². The van der Waals surface area contributed by atoms with Gasteiger partial charge < -0.3 is 15.1 Å². The van der Waals surface area contributed by atoms with Gasteiger partial charge in [0.25, 0.3) is 5.91 Å². The molecule has 5 rings (SSSR count). The number of anilines is 2. The van der Waals surface area contributed by atoms with E-state index >= 15 is 0 Å². The molecule has 0 atom stereocenters. The maximum atomic E-state index is 13.1. The Balaban J connectivity index is 1.24. The summed E-state index contributed by atoms with van der Waals surface area (Å²) in [6.45, 7) is 2.49. The summed E-state index contributed by atoms with van der Waals surface area (Å²) >= 11 is 6.29. The topological polar surface area (TPSA) is 52.7 Å². The van der Waals surface area contributed by atoms with E-state index in [0.29, 0.717) is 42.5 Å². The van der Waals surface area contributed by atoms with Gasteiger partial charge in [0.15, 0.2) is 0 Å². The van der Waals surface area contributed by atoms with E-state index in [2.05, 4.69) is 10.2 Å². The molecule has 1 fully saturated rings. The summed E-state index contributed by atoms with van der Waals surface area (Å²) in [6, 6.07) is 32.9. The molecule has 4 aromatic carbocycles. The Labute approximate surface area is 228 Å². The molecule has 0 aliphatic carbocycles. The number of hydrogen-bond donors (Lipinski definition) is 1. The number of hydrogen-bond acceptors (Lipinski definition) is 3. The van der Waals surface area contributed by atoms with Crippen molar-refractivity contribution in [3.8, 4) is 11.1 Å². The van der Waals surface area contributed by atoms with Gasteiger partial charge >= 0.3 is 0 Å². The van der Waals surface area contributed by atoms with Crippen LogP contribution in [0.3, 0.4) is 0 Å². The van der Waals surface area contributed by atoms with E-state index < -0.39 is 0 Å². The summed E-state index contributed by atoms with van der Waals surface area (Å²) in [5.74, 6) is -0.204. The van der Waals surface area contributed by atoms with E-state index in [0.717, 1.165) is 22.4 Å². The first-order chi connectivity index (χ1) is 18.6. The van der Waals surface area contributed by atoms with Crippen LogP contribution in [0.1, 0.15) is 15.9 Å². The van der Waals surface area contributed by atoms with Crippen LogP contribution in [0.15, 0.2) is 109 Å². The van der Waals surface area contributed by atoms with Crippen LogP contribution in [0, 0.1) is 0 Å². The van der Waals surface area contributed by atoms with Crippen molar-refractivity contribution in [2.24, 2.45) is 0 Å². The van der Waals surface area contributed by atoms with E-state index in [1.807, 2.05) is 108 Å². The van der Waals surface area contributed by atoms with Gasteiger partial charge in [-0.05, 0) is 53.1 Å². The predicted octanol–water partition coefficient (Wildman–Crippen LogP) is 6.62. The molecule has 1 saturated heterocycles. The SMILES string of the molecule is O=C(Nc1cc(Cl)ccc1N1CCN(C(=O)/C=C/c2ccccc2)CC1)c1ccc(-c2ccccc2)cc1. The van der Waals surface area contributed by atoms with E-state index in [1.165, 1.54) is 0 Å². The number of carbonyl (C=O) groups is 2. The van der Waals surface area contributed by atoms with Crippen LogP contribution in [0.5, 0.6) is 0 Å². The van der Waals surface area contributed by atoms with Crippen molar-refractivity contribution in [2.45, 2.75) is 0 Å². The molecule has 5 nitrogen and oxygen atoms in total. The number of halogens is 1. The van der Waals surface area contributed by atoms with E-state index in [9.17, 15) is 9.59 Å². The van der Waals surface area contributed by atoms with Crippen molar-refractivity contribution < 1.29 is 9.59 Å². The Morgan fingerprint density at radius 1 is 0.737 bits per heavy atom. The highest BCUT2D eigenvalue weighted by atomic mass is 35.5. The van der Waals surface area contributed by atoms with Crippen LogP contribution in [-0.2, 0) is 4.79 Å². The molecule has 0 radical (unpaired) electrons. The van der Waals surface area contributed by atoms with E-state index in [1.54, 1.807) is 12.1 Å². The summed E-state index contributed by atoms with van der Waals surface area (Å²) in [7, 11) is 0. The van der Waals surface area contributed by atoms with Crippen molar-refractivity contribution in [2.75, 3.05) is 36.4 Å². The summed E-state index contributed by atoms with van der Waals surface area (Å²) < 4.78 is 0. The average Bonchev–Trinajstić information content (AvgIpc) is 2.97. The Hall–Kier alpha value is -4.35. The minimum atomic E-state index is -0.201. The number of benzene rings is 4. The molecular weight excluding hydrogens is 494 g/mol. The van der Waals surface area contributed by atoms with Crippen molar-refractivity contribution in [3.63, 3.8) is 0 Å². The third-order valence-corrected chi connectivity index (χ3v) is 6.85. The first-order valence-electron chi connectivity index (χ1n) is 12.6. The highest BCUT2D eigenvalue weighted by Crippen LogP contribution is 2.31. The lowest BCUT2D eigenvalue weighted by Gasteiger charge is -2.36. The second-order valence-electron chi connectivity index (χ2n) is 9.12. The predicted molar refractivity (Wildman–Crippen MR) is 156 cm³/mol. The zero-order chi connectivity index (χ0) is 26.3. The molecule has 0 spiro atoms. The van der Waals surface area contributed by atoms with E-state index in [-0.39, 0.29) is 11.8 Å². The molecule has 4 aromatic rings. The Morgan fingerprint density at radius 3 is 2.05 bits per heavy atom. The highest BCUT2D eigenvalue weighted by molar-refractivity contribution is 6.31. The fraction of sp³-hybridized carbons (Fsp3) is 0.125. The lowest BCUT2D eigenvalue weighted by atomic mass is 10.0. The van der Waals surface area contributed by atoms with Crippen LogP contribution in [0.4, 0.5) is 11.4 Å². The smallest absolute Gasteiger partial charge is 0.255 e. The van der Waals surface area contributed by atoms with Crippen LogP contribution >= 0.6 is 11.6 Å². The number of amides is 2. The number of carbonyl (C=O) groups excluding carboxylic acids is 2. The van der Waals surface area contributed by atoms with Crippen LogP contribution < -0.4 is 10.2 Å². The molecule has 190 valence electrons. The Bertz CT molecular complexity index is 1430. The van der Waals surface area contributed by atoms with Gasteiger partial charge in [0.2, 0.25) is 5.91 Å². The molecule has 0 bridgehead atoms. The lowest BCUT2D eigenvalue weighted by Crippen LogP contribution is -2.48. The summed E-state index contributed by atoms with van der Waals surface area (Å²) in [5.41, 5.74) is 5.25. The van der Waals surface area contributed by atoms with E-state index in [4.69, 9.17) is 11.6 Å². The normalized spacial score (nSPS) is 13.5. The molecule has 1 N–H and O–H groups in total. The van der Waals surface area contributed by atoms with Gasteiger partial charge in [-0.1, -0.05) is 84.4 Å². The molecule has 1 aliphatic heterocycles. The number of rotatable bonds is 6. The Morgan fingerprint density at radius 2 is 1.37 bits per heavy atom. The number of nitrogens with one attached hydrogen (secondary N) is 1. The second kappa shape index (κ2) is 11.8. The minimum absolute atomic E-state index is 0.00270. The van der Waals surface area contributed by atoms with Gasteiger partial charge in [0.1, 0.15) is 0 Å². The molecule has 0 unspecified atom stereocenters. The monoisotopic (exact) mass is 521 g/mol. The van der Waals surface area contributed by atoms with Crippen molar-refractivity contribution in [1.29, 1.82) is 0 Å². The summed E-state index contributed by atoms with van der Waals surface area (Å²) in [5, 5.41) is 3.58. The van der Waals surface area contributed by atoms with Gasteiger partial charge in [-0.2, -0.15) is 0 Å². The minimum Gasteiger partial charge on any atom is -0.366 e. The largest absolute Gasteiger partial charge is 0.366 e. The van der Waals surface area contributed by atoms with Crippen molar-refractivity contribution in [3.05, 3.63) is 125 Å². The van der Waals surface area contributed by atoms with Crippen LogP contribution in [0.2, 0.25) is 5.02 Å². The molecule has 0 saturated carbocycles. The Kier molecular flexibility index (Phi) is 7.86. The van der Waals surface area contributed by atoms with Crippen molar-refractivity contribution >= 4 is 40.9 Å². The maximum Gasteiger partial charge on any atom is 0.255 e. The summed E-state index contributed by atoms with van der Waals surface area (Å²) in [4.78, 5) is 29.8. The third-order valence-electron chi connectivity index (χ3n) is 6.61. The lowest BCUT2D eigenvalue weighted by molar-refractivity contribution is -0.126. The van der Waals surface area contributed by atoms with Gasteiger partial charge in [-0.3, -0.25) is 9.59 Å². The van der Waals surface area contributed by atoms with Crippen LogP contribution in [-0.4, -0.2) is 42.9 Å². The fourth-order valence-corrected chi connectivity index (χ4v) is 4.70. The molecular formula is C32H28ClN3O2. The van der Waals surface area contributed by atoms with Crippen molar-refractivity contribution in [1.82, 2.24) is 4.90 Å². The maximum absolute atomic E-state index is 13.1. The molecule has 1 heterocycles. The second-order valence-corrected chi connectivity index (χ2v) is 9.55. The molecule has 38 heavy (non-hydrogen) atoms. The molecule has 6 heteroatoms.